The van der Waals surface area contributed by atoms with Crippen LogP contribution in [-0.2, 0) is 4.74 Å². The van der Waals surface area contributed by atoms with Crippen molar-refractivity contribution in [1.82, 2.24) is 0 Å². The highest BCUT2D eigenvalue weighted by Gasteiger charge is 2.43. The van der Waals surface area contributed by atoms with Gasteiger partial charge in [-0.05, 0) is 94.1 Å². The van der Waals surface area contributed by atoms with Crippen molar-refractivity contribution in [1.29, 1.82) is 0 Å². The first-order chi connectivity index (χ1) is 13.2. The van der Waals surface area contributed by atoms with E-state index >= 15 is 0 Å². The van der Waals surface area contributed by atoms with E-state index in [1.54, 1.807) is 12.2 Å². The summed E-state index contributed by atoms with van der Waals surface area (Å²) in [7, 11) is 0. The molecule has 3 aliphatic rings. The molecule has 0 bridgehead atoms. The monoisotopic (exact) mass is 416 g/mol. The van der Waals surface area contributed by atoms with Gasteiger partial charge in [-0.25, -0.2) is 0 Å². The van der Waals surface area contributed by atoms with Gasteiger partial charge in [0.05, 0.1) is 5.38 Å². The first-order valence-corrected chi connectivity index (χ1v) is 11.0. The Hall–Kier alpha value is -0.900. The molecule has 1 spiro atoms. The average molecular weight is 417 g/mol. The second-order valence-electron chi connectivity index (χ2n) is 9.29. The molecule has 28 heavy (non-hydrogen) atoms. The Kier molecular flexibility index (Phi) is 6.89. The molecule has 158 valence electrons. The van der Waals surface area contributed by atoms with Crippen LogP contribution in [0.15, 0.2) is 36.1 Å². The Labute approximate surface area is 172 Å². The van der Waals surface area contributed by atoms with Crippen molar-refractivity contribution in [3.8, 4) is 0 Å². The molecule has 1 nitrogen and oxygen atoms in total. The zero-order valence-electron chi connectivity index (χ0n) is 16.7. The second-order valence-corrected chi connectivity index (χ2v) is 9.80. The summed E-state index contributed by atoms with van der Waals surface area (Å²) in [6, 6.07) is 0. The minimum atomic E-state index is -4.65. The van der Waals surface area contributed by atoms with Crippen LogP contribution in [0.25, 0.3) is 0 Å². The Morgan fingerprint density at radius 1 is 1.25 bits per heavy atom. The molecule has 0 aromatic heterocycles. The zero-order chi connectivity index (χ0) is 20.4. The van der Waals surface area contributed by atoms with Crippen LogP contribution < -0.4 is 0 Å². The van der Waals surface area contributed by atoms with Crippen molar-refractivity contribution in [2.24, 2.45) is 23.2 Å². The Morgan fingerprint density at radius 2 is 1.93 bits per heavy atom. The van der Waals surface area contributed by atoms with E-state index in [-0.39, 0.29) is 17.1 Å². The normalized spacial score (nSPS) is 35.8. The van der Waals surface area contributed by atoms with E-state index in [0.717, 1.165) is 25.2 Å². The predicted octanol–water partition coefficient (Wildman–Crippen LogP) is 7.92. The molecule has 0 heterocycles. The van der Waals surface area contributed by atoms with Crippen LogP contribution >= 0.6 is 11.6 Å². The largest absolute Gasteiger partial charge is 0.573 e. The van der Waals surface area contributed by atoms with Gasteiger partial charge in [0.25, 0.3) is 0 Å². The van der Waals surface area contributed by atoms with Crippen molar-refractivity contribution in [2.75, 3.05) is 0 Å². The van der Waals surface area contributed by atoms with E-state index in [4.69, 9.17) is 11.6 Å². The quantitative estimate of drug-likeness (QED) is 0.315. The maximum absolute atomic E-state index is 12.5. The lowest BCUT2D eigenvalue weighted by molar-refractivity contribution is -0.303. The summed E-state index contributed by atoms with van der Waals surface area (Å²) in [4.78, 5) is 0. The van der Waals surface area contributed by atoms with E-state index < -0.39 is 6.36 Å². The van der Waals surface area contributed by atoms with Gasteiger partial charge in [-0.3, -0.25) is 0 Å². The van der Waals surface area contributed by atoms with Crippen molar-refractivity contribution in [3.05, 3.63) is 36.1 Å². The van der Waals surface area contributed by atoms with E-state index in [0.29, 0.717) is 11.3 Å². The fraction of sp³-hybridized carbons (Fsp3) is 0.739. The molecule has 0 N–H and O–H groups in total. The highest BCUT2D eigenvalue weighted by Crippen LogP contribution is 2.55. The van der Waals surface area contributed by atoms with Crippen LogP contribution in [0.2, 0.25) is 0 Å². The number of rotatable bonds is 6. The van der Waals surface area contributed by atoms with E-state index in [1.165, 1.54) is 56.6 Å². The molecule has 5 heteroatoms. The summed E-state index contributed by atoms with van der Waals surface area (Å²) in [6.07, 6.45) is 12.0. The number of allylic oxidation sites excluding steroid dienone is 4. The zero-order valence-corrected chi connectivity index (χ0v) is 17.5. The fourth-order valence-corrected chi connectivity index (χ4v) is 5.96. The van der Waals surface area contributed by atoms with Crippen LogP contribution in [0.4, 0.5) is 13.2 Å². The van der Waals surface area contributed by atoms with Gasteiger partial charge in [0.2, 0.25) is 0 Å². The minimum absolute atomic E-state index is 0.0749. The molecule has 0 saturated heterocycles. The minimum Gasteiger partial charge on any atom is -0.406 e. The molecule has 2 saturated carbocycles. The smallest absolute Gasteiger partial charge is 0.406 e. The van der Waals surface area contributed by atoms with Crippen molar-refractivity contribution in [3.63, 3.8) is 0 Å². The van der Waals surface area contributed by atoms with E-state index in [1.807, 2.05) is 0 Å². The molecule has 3 unspecified atom stereocenters. The number of ether oxygens (including phenoxy) is 1. The van der Waals surface area contributed by atoms with Gasteiger partial charge in [-0.2, -0.15) is 0 Å². The van der Waals surface area contributed by atoms with Crippen molar-refractivity contribution >= 4 is 11.6 Å². The van der Waals surface area contributed by atoms with Crippen molar-refractivity contribution in [2.45, 2.75) is 82.9 Å². The summed E-state index contributed by atoms with van der Waals surface area (Å²) >= 11 is 6.43. The van der Waals surface area contributed by atoms with Crippen LogP contribution in [0.5, 0.6) is 0 Å². The molecule has 3 rings (SSSR count). The topological polar surface area (TPSA) is 9.23 Å². The van der Waals surface area contributed by atoms with Gasteiger partial charge in [-0.15, -0.1) is 31.4 Å². The first kappa shape index (κ1) is 21.8. The van der Waals surface area contributed by atoms with E-state index in [9.17, 15) is 13.2 Å². The number of alkyl halides is 4. The number of hydrogen-bond donors (Lipinski definition) is 0. The summed E-state index contributed by atoms with van der Waals surface area (Å²) in [6.45, 7) is 6.09. The molecule has 3 atom stereocenters. The summed E-state index contributed by atoms with van der Waals surface area (Å²) in [5, 5.41) is -0.252. The third-order valence-corrected chi connectivity index (χ3v) is 7.49. The molecule has 0 amide bonds. The van der Waals surface area contributed by atoms with Crippen molar-refractivity contribution < 1.29 is 17.9 Å². The molecule has 3 aliphatic carbocycles. The number of hydrogen-bond acceptors (Lipinski definition) is 1. The Morgan fingerprint density at radius 3 is 2.57 bits per heavy atom. The van der Waals surface area contributed by atoms with Gasteiger partial charge < -0.3 is 4.74 Å². The van der Waals surface area contributed by atoms with Crippen LogP contribution in [0, 0.1) is 23.2 Å². The van der Waals surface area contributed by atoms with Gasteiger partial charge >= 0.3 is 6.36 Å². The van der Waals surface area contributed by atoms with Crippen LogP contribution in [-0.4, -0.2) is 11.7 Å². The SMILES string of the molecule is C=C(C)CCCC1CCC2(CCC(C3C=C(OC(F)(F)F)C=CC3Cl)CC2)C1. The van der Waals surface area contributed by atoms with Gasteiger partial charge in [0, 0.05) is 5.92 Å². The lowest BCUT2D eigenvalue weighted by Crippen LogP contribution is -2.32. The van der Waals surface area contributed by atoms with Gasteiger partial charge in [-0.1, -0.05) is 18.1 Å². The molecular weight excluding hydrogens is 385 g/mol. The third-order valence-electron chi connectivity index (χ3n) is 7.06. The van der Waals surface area contributed by atoms with E-state index in [2.05, 4.69) is 18.2 Å². The van der Waals surface area contributed by atoms with Gasteiger partial charge in [0.15, 0.2) is 0 Å². The molecule has 0 aliphatic heterocycles. The Balaban J connectivity index is 1.52. The first-order valence-electron chi connectivity index (χ1n) is 10.6. The van der Waals surface area contributed by atoms with Crippen LogP contribution in [0.1, 0.15) is 71.1 Å². The maximum atomic E-state index is 12.5. The predicted molar refractivity (Wildman–Crippen MR) is 108 cm³/mol. The van der Waals surface area contributed by atoms with Crippen LogP contribution in [0.3, 0.4) is 0 Å². The lowest BCUT2D eigenvalue weighted by Gasteiger charge is -2.41. The number of halogens is 4. The summed E-state index contributed by atoms with van der Waals surface area (Å²) in [5.41, 5.74) is 1.73. The Bertz CT molecular complexity index is 614. The molecular formula is C23H32ClF3O. The molecule has 0 aromatic carbocycles. The highest BCUT2D eigenvalue weighted by atomic mass is 35.5. The molecule has 0 aromatic rings. The third kappa shape index (κ3) is 5.81. The molecule has 0 radical (unpaired) electrons. The highest BCUT2D eigenvalue weighted by molar-refractivity contribution is 6.22. The maximum Gasteiger partial charge on any atom is 0.573 e. The van der Waals surface area contributed by atoms with Gasteiger partial charge in [0.1, 0.15) is 5.76 Å². The molecule has 2 fully saturated rings. The second kappa shape index (κ2) is 8.85. The summed E-state index contributed by atoms with van der Waals surface area (Å²) in [5.74, 6) is 0.982. The fourth-order valence-electron chi connectivity index (χ4n) is 5.61. The summed E-state index contributed by atoms with van der Waals surface area (Å²) < 4.78 is 41.7. The standard InChI is InChI=1S/C23H32ClF3O/c1-16(2)4-3-5-17-8-11-22(15-17)12-9-18(10-13-22)20-14-19(6-7-21(20)24)28-23(25,26)27/h6-7,14,17-18,20-21H,1,3-5,8-13,15H2,2H3. The average Bonchev–Trinajstić information content (AvgIpc) is 2.99. The lowest BCUT2D eigenvalue weighted by atomic mass is 9.65.